The third-order valence-corrected chi connectivity index (χ3v) is 3.92. The molecule has 0 saturated heterocycles. The van der Waals surface area contributed by atoms with Gasteiger partial charge in [-0.05, 0) is 42.5 Å². The molecule has 3 aromatic rings. The molecule has 0 radical (unpaired) electrons. The van der Waals surface area contributed by atoms with Crippen LogP contribution in [0.2, 0.25) is 5.02 Å². The first kappa shape index (κ1) is 12.9. The molecule has 0 bridgehead atoms. The number of halogens is 1. The van der Waals surface area contributed by atoms with Gasteiger partial charge in [0.25, 0.3) is 5.91 Å². The van der Waals surface area contributed by atoms with Crippen LogP contribution in [0, 0.1) is 0 Å². The lowest BCUT2D eigenvalue weighted by atomic mass is 10.2. The van der Waals surface area contributed by atoms with E-state index in [4.69, 9.17) is 17.3 Å². The summed E-state index contributed by atoms with van der Waals surface area (Å²) in [5.41, 5.74) is 7.75. The summed E-state index contributed by atoms with van der Waals surface area (Å²) in [7, 11) is 0. The number of hydrogen-bond acceptors (Lipinski definition) is 4. The molecule has 100 valence electrons. The number of benzene rings is 2. The number of anilines is 2. The number of rotatable bonds is 2. The predicted molar refractivity (Wildman–Crippen MR) is 83.4 cm³/mol. The van der Waals surface area contributed by atoms with E-state index in [0.717, 1.165) is 10.2 Å². The first-order valence-electron chi connectivity index (χ1n) is 5.85. The van der Waals surface area contributed by atoms with Crippen molar-refractivity contribution in [3.63, 3.8) is 0 Å². The minimum atomic E-state index is -0.214. The fraction of sp³-hybridized carbons (Fsp3) is 0. The van der Waals surface area contributed by atoms with Gasteiger partial charge in [-0.3, -0.25) is 10.1 Å². The molecule has 0 unspecified atom stereocenters. The van der Waals surface area contributed by atoms with Gasteiger partial charge in [0.1, 0.15) is 0 Å². The lowest BCUT2D eigenvalue weighted by molar-refractivity contribution is 0.102. The normalized spacial score (nSPS) is 10.7. The Labute approximate surface area is 124 Å². The van der Waals surface area contributed by atoms with E-state index >= 15 is 0 Å². The van der Waals surface area contributed by atoms with Crippen molar-refractivity contribution in [2.24, 2.45) is 0 Å². The first-order chi connectivity index (χ1) is 9.61. The summed E-state index contributed by atoms with van der Waals surface area (Å²) in [5, 5.41) is 3.91. The molecule has 0 aliphatic rings. The van der Waals surface area contributed by atoms with Crippen molar-refractivity contribution < 1.29 is 4.79 Å². The van der Waals surface area contributed by atoms with Crippen LogP contribution in [0.4, 0.5) is 10.8 Å². The third kappa shape index (κ3) is 2.59. The molecule has 0 aliphatic carbocycles. The minimum Gasteiger partial charge on any atom is -0.399 e. The number of carbonyl (C=O) groups is 1. The molecule has 6 heteroatoms. The zero-order valence-corrected chi connectivity index (χ0v) is 11.8. The molecule has 1 amide bonds. The van der Waals surface area contributed by atoms with Gasteiger partial charge in [0, 0.05) is 16.3 Å². The number of fused-ring (bicyclic) bond motifs is 1. The van der Waals surface area contributed by atoms with Crippen LogP contribution in [0.15, 0.2) is 42.5 Å². The Bertz CT molecular complexity index is 783. The second-order valence-corrected chi connectivity index (χ2v) is 5.67. The molecular formula is C14H10ClN3OS. The molecular weight excluding hydrogens is 294 g/mol. The zero-order valence-electron chi connectivity index (χ0n) is 10.3. The molecule has 0 atom stereocenters. The maximum Gasteiger partial charge on any atom is 0.257 e. The Kier molecular flexibility index (Phi) is 3.30. The fourth-order valence-electron chi connectivity index (χ4n) is 1.77. The average Bonchev–Trinajstić information content (AvgIpc) is 2.80. The second-order valence-electron chi connectivity index (χ2n) is 4.21. The summed E-state index contributed by atoms with van der Waals surface area (Å²) < 4.78 is 0.941. The number of nitrogens with one attached hydrogen (secondary N) is 1. The van der Waals surface area contributed by atoms with Crippen LogP contribution in [-0.2, 0) is 0 Å². The topological polar surface area (TPSA) is 68.0 Å². The SMILES string of the molecule is Nc1ccc2nc(NC(=O)c3ccc(Cl)cc3)sc2c1. The first-order valence-corrected chi connectivity index (χ1v) is 7.04. The van der Waals surface area contributed by atoms with Crippen LogP contribution in [0.5, 0.6) is 0 Å². The van der Waals surface area contributed by atoms with E-state index in [0.29, 0.717) is 21.4 Å². The Morgan fingerprint density at radius 3 is 2.70 bits per heavy atom. The van der Waals surface area contributed by atoms with E-state index in [-0.39, 0.29) is 5.91 Å². The van der Waals surface area contributed by atoms with Crippen molar-refractivity contribution >= 4 is 49.9 Å². The number of aromatic nitrogens is 1. The molecule has 0 aliphatic heterocycles. The lowest BCUT2D eigenvalue weighted by Crippen LogP contribution is -2.11. The number of thiazole rings is 1. The molecule has 4 nitrogen and oxygen atoms in total. The molecule has 3 N–H and O–H groups in total. The zero-order chi connectivity index (χ0) is 14.1. The van der Waals surface area contributed by atoms with E-state index in [1.165, 1.54) is 11.3 Å². The highest BCUT2D eigenvalue weighted by molar-refractivity contribution is 7.22. The summed E-state index contributed by atoms with van der Waals surface area (Å²) in [4.78, 5) is 16.4. The van der Waals surface area contributed by atoms with Gasteiger partial charge >= 0.3 is 0 Å². The molecule has 20 heavy (non-hydrogen) atoms. The second kappa shape index (κ2) is 5.11. The Morgan fingerprint density at radius 1 is 1.20 bits per heavy atom. The number of amides is 1. The van der Waals surface area contributed by atoms with Crippen molar-refractivity contribution in [1.29, 1.82) is 0 Å². The summed E-state index contributed by atoms with van der Waals surface area (Å²) in [6.45, 7) is 0. The molecule has 3 rings (SSSR count). The summed E-state index contributed by atoms with van der Waals surface area (Å²) in [6, 6.07) is 12.1. The number of nitrogens with two attached hydrogens (primary N) is 1. The molecule has 1 heterocycles. The number of hydrogen-bond donors (Lipinski definition) is 2. The maximum atomic E-state index is 12.1. The summed E-state index contributed by atoms with van der Waals surface area (Å²) >= 11 is 7.18. The van der Waals surface area contributed by atoms with Crippen LogP contribution in [0.25, 0.3) is 10.2 Å². The van der Waals surface area contributed by atoms with Crippen molar-refractivity contribution in [2.45, 2.75) is 0 Å². The van der Waals surface area contributed by atoms with Crippen molar-refractivity contribution in [3.05, 3.63) is 53.1 Å². The molecule has 0 saturated carbocycles. The highest BCUT2D eigenvalue weighted by Gasteiger charge is 2.09. The molecule has 2 aromatic carbocycles. The van der Waals surface area contributed by atoms with Crippen LogP contribution < -0.4 is 11.1 Å². The highest BCUT2D eigenvalue weighted by Crippen LogP contribution is 2.27. The average molecular weight is 304 g/mol. The van der Waals surface area contributed by atoms with E-state index < -0.39 is 0 Å². The third-order valence-electron chi connectivity index (χ3n) is 2.74. The standard InChI is InChI=1S/C14H10ClN3OS/c15-9-3-1-8(2-4-9)13(19)18-14-17-11-6-5-10(16)7-12(11)20-14/h1-7H,16H2,(H,17,18,19). The Morgan fingerprint density at radius 2 is 1.95 bits per heavy atom. The lowest BCUT2D eigenvalue weighted by Gasteiger charge is -2.01. The van der Waals surface area contributed by atoms with Gasteiger partial charge in [0.15, 0.2) is 5.13 Å². The molecule has 1 aromatic heterocycles. The Balaban J connectivity index is 1.85. The van der Waals surface area contributed by atoms with Gasteiger partial charge in [-0.2, -0.15) is 0 Å². The summed E-state index contributed by atoms with van der Waals surface area (Å²) in [5.74, 6) is -0.214. The number of nitrogen functional groups attached to an aromatic ring is 1. The van der Waals surface area contributed by atoms with Gasteiger partial charge in [0.05, 0.1) is 10.2 Å². The van der Waals surface area contributed by atoms with Gasteiger partial charge in [0.2, 0.25) is 0 Å². The Hall–Kier alpha value is -2.11. The quantitative estimate of drug-likeness (QED) is 0.708. The van der Waals surface area contributed by atoms with Crippen molar-refractivity contribution in [2.75, 3.05) is 11.1 Å². The molecule has 0 fully saturated rings. The van der Waals surface area contributed by atoms with Gasteiger partial charge in [-0.1, -0.05) is 22.9 Å². The summed E-state index contributed by atoms with van der Waals surface area (Å²) in [6.07, 6.45) is 0. The smallest absolute Gasteiger partial charge is 0.257 e. The van der Waals surface area contributed by atoms with Crippen molar-refractivity contribution in [1.82, 2.24) is 4.98 Å². The van der Waals surface area contributed by atoms with Gasteiger partial charge in [-0.25, -0.2) is 4.98 Å². The number of nitrogens with zero attached hydrogens (tertiary/aromatic N) is 1. The molecule has 0 spiro atoms. The van der Waals surface area contributed by atoms with Crippen LogP contribution in [0.1, 0.15) is 10.4 Å². The van der Waals surface area contributed by atoms with Gasteiger partial charge < -0.3 is 5.73 Å². The van der Waals surface area contributed by atoms with Crippen LogP contribution in [0.3, 0.4) is 0 Å². The maximum absolute atomic E-state index is 12.1. The van der Waals surface area contributed by atoms with E-state index in [1.54, 1.807) is 30.3 Å². The van der Waals surface area contributed by atoms with E-state index in [1.807, 2.05) is 12.1 Å². The number of carbonyl (C=O) groups excluding carboxylic acids is 1. The highest BCUT2D eigenvalue weighted by atomic mass is 35.5. The fourth-order valence-corrected chi connectivity index (χ4v) is 2.80. The minimum absolute atomic E-state index is 0.214. The largest absolute Gasteiger partial charge is 0.399 e. The van der Waals surface area contributed by atoms with E-state index in [2.05, 4.69) is 10.3 Å². The van der Waals surface area contributed by atoms with Crippen LogP contribution in [-0.4, -0.2) is 10.9 Å². The van der Waals surface area contributed by atoms with Crippen LogP contribution >= 0.6 is 22.9 Å². The van der Waals surface area contributed by atoms with Gasteiger partial charge in [-0.15, -0.1) is 0 Å². The predicted octanol–water partition coefficient (Wildman–Crippen LogP) is 3.78. The monoisotopic (exact) mass is 303 g/mol. The van der Waals surface area contributed by atoms with E-state index in [9.17, 15) is 4.79 Å². The van der Waals surface area contributed by atoms with Crippen molar-refractivity contribution in [3.8, 4) is 0 Å².